The molecular weight excluding hydrogens is 609 g/mol. The molecule has 0 spiro atoms. The molecule has 0 radical (unpaired) electrons. The van der Waals surface area contributed by atoms with E-state index in [4.69, 9.17) is 19.9 Å². The minimum atomic E-state index is 0.692. The summed E-state index contributed by atoms with van der Waals surface area (Å²) in [6, 6.07) is 59.1. The van der Waals surface area contributed by atoms with E-state index in [1.54, 1.807) is 0 Å². The quantitative estimate of drug-likeness (QED) is 0.180. The molecule has 4 heteroatoms. The SMILES string of the molecule is c1ccc(-c2ccc3ccc4ccc(-c5ccc(-c6nc(-c7cc8ccccc8c8ccccc78)c7ccccc7n6)cc5)nc4c3n2)cc1. The van der Waals surface area contributed by atoms with Crippen LogP contribution in [0.1, 0.15) is 0 Å². The van der Waals surface area contributed by atoms with Gasteiger partial charge < -0.3 is 0 Å². The Labute approximate surface area is 288 Å². The lowest BCUT2D eigenvalue weighted by molar-refractivity contribution is 1.23. The molecule has 0 unspecified atom stereocenters. The zero-order chi connectivity index (χ0) is 33.0. The minimum absolute atomic E-state index is 0.692. The Bertz CT molecular complexity index is 2920. The van der Waals surface area contributed by atoms with Crippen molar-refractivity contribution in [2.45, 2.75) is 0 Å². The second-order valence-corrected chi connectivity index (χ2v) is 12.6. The lowest BCUT2D eigenvalue weighted by atomic mass is 9.94. The second-order valence-electron chi connectivity index (χ2n) is 12.6. The van der Waals surface area contributed by atoms with E-state index in [1.165, 1.54) is 21.5 Å². The summed E-state index contributed by atoms with van der Waals surface area (Å²) in [7, 11) is 0. The molecule has 0 aliphatic heterocycles. The highest BCUT2D eigenvalue weighted by Gasteiger charge is 2.16. The molecule has 0 amide bonds. The predicted molar refractivity (Wildman–Crippen MR) is 207 cm³/mol. The highest BCUT2D eigenvalue weighted by molar-refractivity contribution is 6.15. The summed E-state index contributed by atoms with van der Waals surface area (Å²) in [4.78, 5) is 20.6. The Morgan fingerprint density at radius 3 is 1.58 bits per heavy atom. The van der Waals surface area contributed by atoms with Gasteiger partial charge in [-0.05, 0) is 45.8 Å². The summed E-state index contributed by atoms with van der Waals surface area (Å²) in [6.07, 6.45) is 0. The highest BCUT2D eigenvalue weighted by Crippen LogP contribution is 2.38. The maximum absolute atomic E-state index is 5.27. The molecule has 10 aromatic rings. The molecule has 0 aliphatic carbocycles. The number of hydrogen-bond acceptors (Lipinski definition) is 4. The van der Waals surface area contributed by atoms with Gasteiger partial charge in [0.2, 0.25) is 0 Å². The van der Waals surface area contributed by atoms with Crippen molar-refractivity contribution >= 4 is 54.3 Å². The van der Waals surface area contributed by atoms with Crippen LogP contribution in [0, 0.1) is 0 Å². The molecule has 7 aromatic carbocycles. The van der Waals surface area contributed by atoms with Crippen molar-refractivity contribution in [3.63, 3.8) is 0 Å². The van der Waals surface area contributed by atoms with E-state index < -0.39 is 0 Å². The number of fused-ring (bicyclic) bond motifs is 7. The fourth-order valence-electron chi connectivity index (χ4n) is 7.15. The average Bonchev–Trinajstić information content (AvgIpc) is 3.20. The zero-order valence-electron chi connectivity index (χ0n) is 27.0. The van der Waals surface area contributed by atoms with E-state index in [0.717, 1.165) is 72.0 Å². The normalized spacial score (nSPS) is 11.6. The molecule has 0 N–H and O–H groups in total. The largest absolute Gasteiger partial charge is 0.245 e. The molecule has 0 atom stereocenters. The third kappa shape index (κ3) is 4.69. The predicted octanol–water partition coefficient (Wildman–Crippen LogP) is 11.7. The molecule has 3 heterocycles. The summed E-state index contributed by atoms with van der Waals surface area (Å²) in [5, 5.41) is 7.99. The van der Waals surface area contributed by atoms with E-state index in [-0.39, 0.29) is 0 Å². The van der Waals surface area contributed by atoms with Gasteiger partial charge in [-0.1, -0.05) is 146 Å². The summed E-state index contributed by atoms with van der Waals surface area (Å²) < 4.78 is 0. The lowest BCUT2D eigenvalue weighted by Gasteiger charge is -2.14. The zero-order valence-corrected chi connectivity index (χ0v) is 27.0. The van der Waals surface area contributed by atoms with Gasteiger partial charge in [-0.3, -0.25) is 0 Å². The number of aromatic nitrogens is 4. The Morgan fingerprint density at radius 1 is 0.320 bits per heavy atom. The van der Waals surface area contributed by atoms with Crippen molar-refractivity contribution in [3.8, 4) is 45.2 Å². The van der Waals surface area contributed by atoms with Gasteiger partial charge in [0.05, 0.1) is 33.6 Å². The van der Waals surface area contributed by atoms with Crippen LogP contribution in [0.25, 0.3) is 99.4 Å². The Morgan fingerprint density at radius 2 is 0.860 bits per heavy atom. The van der Waals surface area contributed by atoms with E-state index in [1.807, 2.05) is 24.3 Å². The smallest absolute Gasteiger partial charge is 0.160 e. The third-order valence-electron chi connectivity index (χ3n) is 9.65. The molecule has 10 rings (SSSR count). The first-order chi connectivity index (χ1) is 24.8. The molecule has 0 fully saturated rings. The van der Waals surface area contributed by atoms with Gasteiger partial charge in [-0.15, -0.1) is 0 Å². The van der Waals surface area contributed by atoms with Crippen LogP contribution < -0.4 is 0 Å². The number of rotatable bonds is 4. The molecule has 50 heavy (non-hydrogen) atoms. The van der Waals surface area contributed by atoms with Crippen LogP contribution in [0.2, 0.25) is 0 Å². The van der Waals surface area contributed by atoms with Crippen LogP contribution in [0.15, 0.2) is 170 Å². The second kappa shape index (κ2) is 11.4. The van der Waals surface area contributed by atoms with Crippen molar-refractivity contribution in [1.82, 2.24) is 19.9 Å². The lowest BCUT2D eigenvalue weighted by Crippen LogP contribution is -1.96. The summed E-state index contributed by atoms with van der Waals surface area (Å²) in [6.45, 7) is 0. The monoisotopic (exact) mass is 636 g/mol. The number of benzene rings is 7. The third-order valence-corrected chi connectivity index (χ3v) is 9.65. The Balaban J connectivity index is 1.08. The molecule has 0 saturated carbocycles. The average molecular weight is 637 g/mol. The first kappa shape index (κ1) is 28.3. The van der Waals surface area contributed by atoms with E-state index >= 15 is 0 Å². The van der Waals surface area contributed by atoms with Crippen LogP contribution in [0.4, 0.5) is 0 Å². The number of nitrogens with zero attached hydrogens (tertiary/aromatic N) is 4. The number of pyridine rings is 2. The first-order valence-corrected chi connectivity index (χ1v) is 16.8. The van der Waals surface area contributed by atoms with Crippen molar-refractivity contribution in [1.29, 1.82) is 0 Å². The van der Waals surface area contributed by atoms with Crippen LogP contribution in [0.5, 0.6) is 0 Å². The Kier molecular flexibility index (Phi) is 6.46. The minimum Gasteiger partial charge on any atom is -0.245 e. The van der Waals surface area contributed by atoms with Gasteiger partial charge in [0.25, 0.3) is 0 Å². The summed E-state index contributed by atoms with van der Waals surface area (Å²) in [5.41, 5.74) is 9.65. The van der Waals surface area contributed by atoms with Gasteiger partial charge in [-0.25, -0.2) is 19.9 Å². The van der Waals surface area contributed by atoms with Crippen LogP contribution in [-0.4, -0.2) is 19.9 Å². The van der Waals surface area contributed by atoms with Crippen molar-refractivity contribution in [2.24, 2.45) is 0 Å². The van der Waals surface area contributed by atoms with Gasteiger partial charge in [0, 0.05) is 38.4 Å². The number of para-hydroxylation sites is 1. The van der Waals surface area contributed by atoms with Crippen molar-refractivity contribution < 1.29 is 0 Å². The van der Waals surface area contributed by atoms with E-state index in [2.05, 4.69) is 146 Å². The fourth-order valence-corrected chi connectivity index (χ4v) is 7.15. The molecule has 4 nitrogen and oxygen atoms in total. The summed E-state index contributed by atoms with van der Waals surface area (Å²) in [5.74, 6) is 0.692. The molecule has 0 aliphatic rings. The van der Waals surface area contributed by atoms with Gasteiger partial charge in [0.1, 0.15) is 0 Å². The van der Waals surface area contributed by atoms with Crippen molar-refractivity contribution in [2.75, 3.05) is 0 Å². The highest BCUT2D eigenvalue weighted by atomic mass is 14.9. The topological polar surface area (TPSA) is 51.6 Å². The first-order valence-electron chi connectivity index (χ1n) is 16.8. The fraction of sp³-hybridized carbons (Fsp3) is 0. The molecule has 232 valence electrons. The van der Waals surface area contributed by atoms with Gasteiger partial charge in [0.15, 0.2) is 5.82 Å². The van der Waals surface area contributed by atoms with Crippen molar-refractivity contribution in [3.05, 3.63) is 170 Å². The molecule has 3 aromatic heterocycles. The molecular formula is C46H28N4. The maximum atomic E-state index is 5.27. The molecule has 0 saturated heterocycles. The number of hydrogen-bond donors (Lipinski definition) is 0. The summed E-state index contributed by atoms with van der Waals surface area (Å²) >= 11 is 0. The van der Waals surface area contributed by atoms with E-state index in [0.29, 0.717) is 5.82 Å². The van der Waals surface area contributed by atoms with Gasteiger partial charge in [-0.2, -0.15) is 0 Å². The van der Waals surface area contributed by atoms with Crippen LogP contribution >= 0.6 is 0 Å². The van der Waals surface area contributed by atoms with E-state index in [9.17, 15) is 0 Å². The Hall–Kier alpha value is -6.78. The van der Waals surface area contributed by atoms with Crippen LogP contribution in [0.3, 0.4) is 0 Å². The maximum Gasteiger partial charge on any atom is 0.160 e. The standard InChI is InChI=1S/C46H28N4/c1-2-10-29(11-3-1)40-26-24-31-20-21-32-25-27-41(48-44(32)43(31)47-40)30-18-22-33(23-19-30)46-49-42-17-9-8-16-38(42)45(50-46)39-28-34-12-4-5-13-35(34)36-14-6-7-15-37(36)39/h1-28H. The van der Waals surface area contributed by atoms with Crippen LogP contribution in [-0.2, 0) is 0 Å². The van der Waals surface area contributed by atoms with Gasteiger partial charge >= 0.3 is 0 Å². The molecule has 0 bridgehead atoms.